The highest BCUT2D eigenvalue weighted by atomic mass is 16.6. The fourth-order valence-electron chi connectivity index (χ4n) is 2.60. The summed E-state index contributed by atoms with van der Waals surface area (Å²) in [4.78, 5) is 18.2. The number of hydrogen-bond donors (Lipinski definition) is 3. The number of aromatic nitrogens is 2. The number of nitro groups is 1. The van der Waals surface area contributed by atoms with Crippen LogP contribution in [0.3, 0.4) is 0 Å². The van der Waals surface area contributed by atoms with Crippen LogP contribution in [0, 0.1) is 10.1 Å². The molecule has 0 fully saturated rings. The summed E-state index contributed by atoms with van der Waals surface area (Å²) in [6, 6.07) is 18.7. The Morgan fingerprint density at radius 3 is 2.46 bits per heavy atom. The summed E-state index contributed by atoms with van der Waals surface area (Å²) >= 11 is 0. The summed E-state index contributed by atoms with van der Waals surface area (Å²) in [5, 5.41) is 24.2. The molecular formula is C20H21N5O3. The molecule has 0 saturated carbocycles. The van der Waals surface area contributed by atoms with E-state index < -0.39 is 4.92 Å². The number of aliphatic hydroxyl groups is 1. The second-order valence-corrected chi connectivity index (χ2v) is 5.67. The van der Waals surface area contributed by atoms with E-state index in [9.17, 15) is 10.1 Å². The Morgan fingerprint density at radius 2 is 1.71 bits per heavy atom. The van der Waals surface area contributed by atoms with E-state index in [-0.39, 0.29) is 18.4 Å². The van der Waals surface area contributed by atoms with Crippen molar-refractivity contribution in [2.75, 3.05) is 18.5 Å². The van der Waals surface area contributed by atoms with Crippen LogP contribution in [-0.2, 0) is 0 Å². The van der Waals surface area contributed by atoms with E-state index in [2.05, 4.69) is 15.3 Å². The van der Waals surface area contributed by atoms with Gasteiger partial charge in [-0.3, -0.25) is 15.1 Å². The molecular weight excluding hydrogens is 358 g/mol. The molecule has 4 aromatic rings. The van der Waals surface area contributed by atoms with Crippen molar-refractivity contribution in [3.05, 3.63) is 83.2 Å². The van der Waals surface area contributed by atoms with Crippen molar-refractivity contribution in [3.63, 3.8) is 0 Å². The Kier molecular flexibility index (Phi) is 7.32. The van der Waals surface area contributed by atoms with Crippen molar-refractivity contribution < 1.29 is 10.0 Å². The number of aliphatic hydroxyl groups excluding tert-OH is 1. The average Bonchev–Trinajstić information content (AvgIpc) is 2.72. The van der Waals surface area contributed by atoms with Crippen LogP contribution < -0.4 is 11.5 Å². The number of pyridine rings is 2. The van der Waals surface area contributed by atoms with Gasteiger partial charge in [0, 0.05) is 35.3 Å². The fraction of sp³-hybridized carbons (Fsp3) is 0.100. The highest BCUT2D eigenvalue weighted by Gasteiger charge is 2.05. The van der Waals surface area contributed by atoms with Gasteiger partial charge < -0.3 is 16.6 Å². The molecule has 28 heavy (non-hydrogen) atoms. The molecule has 0 spiro atoms. The number of rotatable bonds is 4. The molecule has 2 aromatic carbocycles. The van der Waals surface area contributed by atoms with Crippen LogP contribution in [0.2, 0.25) is 0 Å². The topological polar surface area (TPSA) is 136 Å². The quantitative estimate of drug-likeness (QED) is 0.361. The summed E-state index contributed by atoms with van der Waals surface area (Å²) in [5.74, 6) is 0. The lowest BCUT2D eigenvalue weighted by Gasteiger charge is -2.07. The Bertz CT molecular complexity index is 1070. The third-order valence-corrected chi connectivity index (χ3v) is 3.86. The van der Waals surface area contributed by atoms with Crippen LogP contribution in [0.15, 0.2) is 73.1 Å². The van der Waals surface area contributed by atoms with Crippen molar-refractivity contribution in [1.29, 1.82) is 0 Å². The molecule has 2 aromatic heterocycles. The molecule has 4 rings (SSSR count). The van der Waals surface area contributed by atoms with E-state index >= 15 is 0 Å². The van der Waals surface area contributed by atoms with Crippen LogP contribution in [0.5, 0.6) is 0 Å². The number of nitrogens with zero attached hydrogens (tertiary/aromatic N) is 3. The maximum absolute atomic E-state index is 10.4. The maximum Gasteiger partial charge on any atom is 0.288 e. The van der Waals surface area contributed by atoms with Crippen molar-refractivity contribution >= 4 is 33.2 Å². The lowest BCUT2D eigenvalue weighted by molar-refractivity contribution is -0.385. The minimum atomic E-state index is -0.445. The zero-order chi connectivity index (χ0) is 19.1. The van der Waals surface area contributed by atoms with Crippen molar-refractivity contribution in [3.8, 4) is 0 Å². The highest BCUT2D eigenvalue weighted by molar-refractivity contribution is 5.90. The molecule has 0 radical (unpaired) electrons. The van der Waals surface area contributed by atoms with E-state index in [1.165, 1.54) is 12.3 Å². The summed E-state index contributed by atoms with van der Waals surface area (Å²) in [5.41, 5.74) is 2.78. The normalized spacial score (nSPS) is 9.89. The molecule has 2 heterocycles. The van der Waals surface area contributed by atoms with Gasteiger partial charge in [0.05, 0.1) is 22.6 Å². The number of benzene rings is 2. The minimum Gasteiger partial charge on any atom is -0.395 e. The van der Waals surface area contributed by atoms with E-state index in [0.29, 0.717) is 6.54 Å². The first-order chi connectivity index (χ1) is 13.2. The SMILES string of the molecule is N.O=[N+]([O-])c1cnc2ccccc2c1.OCCNc1ccnc2ccccc12. The molecule has 0 bridgehead atoms. The first-order valence-corrected chi connectivity index (χ1v) is 8.36. The maximum atomic E-state index is 10.4. The molecule has 0 aliphatic carbocycles. The second-order valence-electron chi connectivity index (χ2n) is 5.67. The van der Waals surface area contributed by atoms with Gasteiger partial charge in [0.1, 0.15) is 6.20 Å². The fourth-order valence-corrected chi connectivity index (χ4v) is 2.60. The number of nitrogens with one attached hydrogen (secondary N) is 1. The van der Waals surface area contributed by atoms with Crippen LogP contribution in [-0.4, -0.2) is 33.1 Å². The Labute approximate surface area is 161 Å². The molecule has 144 valence electrons. The van der Waals surface area contributed by atoms with Gasteiger partial charge in [-0.05, 0) is 18.2 Å². The minimum absolute atomic E-state index is 0. The third kappa shape index (κ3) is 4.97. The van der Waals surface area contributed by atoms with Crippen LogP contribution in [0.1, 0.15) is 0 Å². The summed E-state index contributed by atoms with van der Waals surface area (Å²) in [6.45, 7) is 0.699. The smallest absolute Gasteiger partial charge is 0.288 e. The van der Waals surface area contributed by atoms with Gasteiger partial charge in [-0.25, -0.2) is 4.98 Å². The lowest BCUT2D eigenvalue weighted by Crippen LogP contribution is -2.05. The summed E-state index contributed by atoms with van der Waals surface area (Å²) < 4.78 is 0. The number of anilines is 1. The average molecular weight is 379 g/mol. The predicted octanol–water partition coefficient (Wildman–Crippen LogP) is 3.94. The molecule has 0 aliphatic rings. The van der Waals surface area contributed by atoms with Crippen LogP contribution in [0.4, 0.5) is 11.4 Å². The van der Waals surface area contributed by atoms with Gasteiger partial charge >= 0.3 is 0 Å². The standard InChI is InChI=1S/C11H12N2O.C9H6N2O2.H3N/c14-8-7-13-11-5-6-12-10-4-2-1-3-9(10)11;12-11(13)8-5-7-3-1-2-4-9(7)10-6-8;/h1-6,14H,7-8H2,(H,12,13);1-6H;1H3. The molecule has 8 heteroatoms. The number of para-hydroxylation sites is 2. The molecule has 0 atom stereocenters. The molecule has 0 amide bonds. The monoisotopic (exact) mass is 379 g/mol. The van der Waals surface area contributed by atoms with Crippen molar-refractivity contribution in [2.24, 2.45) is 0 Å². The number of fused-ring (bicyclic) bond motifs is 2. The van der Waals surface area contributed by atoms with Crippen LogP contribution >= 0.6 is 0 Å². The van der Waals surface area contributed by atoms with Crippen molar-refractivity contribution in [1.82, 2.24) is 16.1 Å². The summed E-state index contributed by atoms with van der Waals surface area (Å²) in [6.07, 6.45) is 3.03. The van der Waals surface area contributed by atoms with Gasteiger partial charge in [0.25, 0.3) is 5.69 Å². The van der Waals surface area contributed by atoms with Gasteiger partial charge in [-0.2, -0.15) is 0 Å². The van der Waals surface area contributed by atoms with Gasteiger partial charge in [-0.1, -0.05) is 36.4 Å². The van der Waals surface area contributed by atoms with Crippen molar-refractivity contribution in [2.45, 2.75) is 0 Å². The van der Waals surface area contributed by atoms with Gasteiger partial charge in [0.2, 0.25) is 0 Å². The van der Waals surface area contributed by atoms with E-state index in [0.717, 1.165) is 27.5 Å². The van der Waals surface area contributed by atoms with Gasteiger partial charge in [0.15, 0.2) is 0 Å². The van der Waals surface area contributed by atoms with Crippen LogP contribution in [0.25, 0.3) is 21.8 Å². The molecule has 0 aliphatic heterocycles. The Balaban J connectivity index is 0.000000194. The third-order valence-electron chi connectivity index (χ3n) is 3.86. The largest absolute Gasteiger partial charge is 0.395 e. The first kappa shape index (κ1) is 20.7. The van der Waals surface area contributed by atoms with E-state index in [1.54, 1.807) is 12.3 Å². The molecule has 0 unspecified atom stereocenters. The zero-order valence-electron chi connectivity index (χ0n) is 15.2. The lowest BCUT2D eigenvalue weighted by atomic mass is 10.2. The molecule has 8 nitrogen and oxygen atoms in total. The van der Waals surface area contributed by atoms with Gasteiger partial charge in [-0.15, -0.1) is 0 Å². The van der Waals surface area contributed by atoms with E-state index in [4.69, 9.17) is 5.11 Å². The Hall–Kier alpha value is -3.62. The zero-order valence-corrected chi connectivity index (χ0v) is 15.2. The predicted molar refractivity (Wildman–Crippen MR) is 111 cm³/mol. The molecule has 0 saturated heterocycles. The highest BCUT2D eigenvalue weighted by Crippen LogP contribution is 2.20. The van der Waals surface area contributed by atoms with E-state index in [1.807, 2.05) is 48.5 Å². The molecule has 5 N–H and O–H groups in total. The first-order valence-electron chi connectivity index (χ1n) is 8.36. The summed E-state index contributed by atoms with van der Waals surface area (Å²) in [7, 11) is 0. The Morgan fingerprint density at radius 1 is 1.00 bits per heavy atom. The second kappa shape index (κ2) is 9.91. The number of hydrogen-bond acceptors (Lipinski definition) is 7.